The Kier molecular flexibility index (Phi) is 4.83. The lowest BCUT2D eigenvalue weighted by Crippen LogP contribution is -2.40. The van der Waals surface area contributed by atoms with E-state index in [2.05, 4.69) is 15.5 Å². The van der Waals surface area contributed by atoms with Gasteiger partial charge in [-0.05, 0) is 25.5 Å². The molecular weight excluding hydrogens is 361 g/mol. The van der Waals surface area contributed by atoms with Crippen molar-refractivity contribution in [3.63, 3.8) is 0 Å². The van der Waals surface area contributed by atoms with Crippen LogP contribution < -0.4 is 5.32 Å². The van der Waals surface area contributed by atoms with Crippen LogP contribution in [-0.4, -0.2) is 25.5 Å². The van der Waals surface area contributed by atoms with Crippen molar-refractivity contribution in [2.24, 2.45) is 0 Å². The van der Waals surface area contributed by atoms with Crippen molar-refractivity contribution in [1.29, 1.82) is 0 Å². The van der Waals surface area contributed by atoms with Gasteiger partial charge in [-0.2, -0.15) is 10.2 Å². The van der Waals surface area contributed by atoms with Crippen LogP contribution in [0.5, 0.6) is 0 Å². The predicted octanol–water partition coefficient (Wildman–Crippen LogP) is 3.81. The zero-order valence-corrected chi connectivity index (χ0v) is 15.3. The van der Waals surface area contributed by atoms with E-state index in [9.17, 15) is 4.79 Å². The lowest BCUT2D eigenvalue weighted by molar-refractivity contribution is -0.123. The zero-order valence-electron chi connectivity index (χ0n) is 13.8. The minimum Gasteiger partial charge on any atom is -0.321 e. The molecule has 3 rings (SSSR count). The average molecular weight is 378 g/mol. The third-order valence-corrected chi connectivity index (χ3v) is 4.42. The molecule has 25 heavy (non-hydrogen) atoms. The number of anilines is 1. The lowest BCUT2D eigenvalue weighted by Gasteiger charge is -2.23. The Morgan fingerprint density at radius 2 is 1.92 bits per heavy atom. The molecule has 0 saturated heterocycles. The van der Waals surface area contributed by atoms with Crippen molar-refractivity contribution in [2.75, 3.05) is 5.32 Å². The van der Waals surface area contributed by atoms with Gasteiger partial charge < -0.3 is 5.32 Å². The largest absolute Gasteiger partial charge is 0.321 e. The first-order valence-electron chi connectivity index (χ1n) is 7.64. The van der Waals surface area contributed by atoms with E-state index in [0.29, 0.717) is 22.3 Å². The van der Waals surface area contributed by atoms with E-state index < -0.39 is 5.54 Å². The maximum absolute atomic E-state index is 12.6. The number of rotatable bonds is 5. The van der Waals surface area contributed by atoms with Crippen LogP contribution in [0.25, 0.3) is 0 Å². The van der Waals surface area contributed by atoms with E-state index in [1.807, 2.05) is 24.3 Å². The summed E-state index contributed by atoms with van der Waals surface area (Å²) < 4.78 is 3.24. The number of carbonyl (C=O) groups is 1. The zero-order chi connectivity index (χ0) is 18.0. The third kappa shape index (κ3) is 3.86. The molecule has 3 aromatic rings. The molecule has 0 radical (unpaired) electrons. The maximum Gasteiger partial charge on any atom is 0.251 e. The van der Waals surface area contributed by atoms with Crippen molar-refractivity contribution < 1.29 is 4.79 Å². The summed E-state index contributed by atoms with van der Waals surface area (Å²) in [6.07, 6.45) is 6.47. The van der Waals surface area contributed by atoms with E-state index in [1.165, 1.54) is 10.9 Å². The standard InChI is InChI=1S/C17H17Cl2N5O/c1-17(2,24-10-13(18)7-21-24)16(25)22-14-8-20-23(11-14)9-12-5-3-4-6-15(12)19/h3-8,10-11H,9H2,1-2H3,(H,22,25). The Balaban J connectivity index is 1.71. The van der Waals surface area contributed by atoms with Gasteiger partial charge in [-0.25, -0.2) is 0 Å². The van der Waals surface area contributed by atoms with Crippen molar-refractivity contribution in [3.8, 4) is 0 Å². The van der Waals surface area contributed by atoms with Crippen LogP contribution in [0.3, 0.4) is 0 Å². The summed E-state index contributed by atoms with van der Waals surface area (Å²) in [5.74, 6) is -0.218. The van der Waals surface area contributed by atoms with Gasteiger partial charge in [0.1, 0.15) is 5.54 Å². The third-order valence-electron chi connectivity index (χ3n) is 3.86. The maximum atomic E-state index is 12.6. The average Bonchev–Trinajstić information content (AvgIpc) is 3.19. The van der Waals surface area contributed by atoms with E-state index in [1.54, 1.807) is 37.1 Å². The minimum atomic E-state index is -0.891. The van der Waals surface area contributed by atoms with Crippen LogP contribution in [-0.2, 0) is 16.9 Å². The number of hydrogen-bond acceptors (Lipinski definition) is 3. The van der Waals surface area contributed by atoms with Crippen LogP contribution in [0.1, 0.15) is 19.4 Å². The van der Waals surface area contributed by atoms with Crippen LogP contribution in [0.2, 0.25) is 10.0 Å². The second-order valence-electron chi connectivity index (χ2n) is 6.13. The predicted molar refractivity (Wildman–Crippen MR) is 98.0 cm³/mol. The Hall–Kier alpha value is -2.31. The molecule has 0 saturated carbocycles. The molecule has 0 aliphatic carbocycles. The number of nitrogens with one attached hydrogen (secondary N) is 1. The molecule has 130 valence electrons. The monoisotopic (exact) mass is 377 g/mol. The van der Waals surface area contributed by atoms with Gasteiger partial charge in [-0.15, -0.1) is 0 Å². The summed E-state index contributed by atoms with van der Waals surface area (Å²) in [7, 11) is 0. The molecule has 0 atom stereocenters. The highest BCUT2D eigenvalue weighted by molar-refractivity contribution is 6.31. The highest BCUT2D eigenvalue weighted by Crippen LogP contribution is 2.20. The molecule has 1 aromatic carbocycles. The molecular formula is C17H17Cl2N5O. The molecule has 2 heterocycles. The second-order valence-corrected chi connectivity index (χ2v) is 6.98. The molecule has 8 heteroatoms. The molecule has 0 unspecified atom stereocenters. The van der Waals surface area contributed by atoms with E-state index in [-0.39, 0.29) is 5.91 Å². The van der Waals surface area contributed by atoms with E-state index >= 15 is 0 Å². The number of halogens is 2. The second kappa shape index (κ2) is 6.90. The SMILES string of the molecule is CC(C)(C(=O)Nc1cnn(Cc2ccccc2Cl)c1)n1cc(Cl)cn1. The smallest absolute Gasteiger partial charge is 0.251 e. The first kappa shape index (κ1) is 17.5. The summed E-state index contributed by atoms with van der Waals surface area (Å²) in [5, 5.41) is 12.4. The molecule has 0 spiro atoms. The fourth-order valence-corrected chi connectivity index (χ4v) is 2.64. The summed E-state index contributed by atoms with van der Waals surface area (Å²) in [4.78, 5) is 12.6. The first-order chi connectivity index (χ1) is 11.9. The van der Waals surface area contributed by atoms with Gasteiger partial charge in [0.05, 0.1) is 29.6 Å². The summed E-state index contributed by atoms with van der Waals surface area (Å²) >= 11 is 12.0. The number of amides is 1. The highest BCUT2D eigenvalue weighted by atomic mass is 35.5. The van der Waals surface area contributed by atoms with Gasteiger partial charge in [-0.3, -0.25) is 14.2 Å². The van der Waals surface area contributed by atoms with Crippen molar-refractivity contribution in [2.45, 2.75) is 25.9 Å². The van der Waals surface area contributed by atoms with Gasteiger partial charge in [0.25, 0.3) is 5.91 Å². The van der Waals surface area contributed by atoms with Crippen LogP contribution in [0.15, 0.2) is 49.1 Å². The summed E-state index contributed by atoms with van der Waals surface area (Å²) in [6.45, 7) is 4.05. The highest BCUT2D eigenvalue weighted by Gasteiger charge is 2.31. The number of nitrogens with zero attached hydrogens (tertiary/aromatic N) is 4. The number of carbonyl (C=O) groups excluding carboxylic acids is 1. The molecule has 1 N–H and O–H groups in total. The topological polar surface area (TPSA) is 64.7 Å². The van der Waals surface area contributed by atoms with Crippen molar-refractivity contribution >= 4 is 34.8 Å². The number of aromatic nitrogens is 4. The van der Waals surface area contributed by atoms with Gasteiger partial charge >= 0.3 is 0 Å². The van der Waals surface area contributed by atoms with Gasteiger partial charge in [-0.1, -0.05) is 41.4 Å². The van der Waals surface area contributed by atoms with E-state index in [0.717, 1.165) is 5.56 Å². The Morgan fingerprint density at radius 3 is 2.60 bits per heavy atom. The quantitative estimate of drug-likeness (QED) is 0.734. The van der Waals surface area contributed by atoms with Crippen LogP contribution in [0, 0.1) is 0 Å². The normalized spacial score (nSPS) is 11.5. The fraction of sp³-hybridized carbons (Fsp3) is 0.235. The minimum absolute atomic E-state index is 0.218. The molecule has 1 amide bonds. The number of hydrogen-bond donors (Lipinski definition) is 1. The summed E-state index contributed by atoms with van der Waals surface area (Å²) in [5.41, 5.74) is 0.665. The van der Waals surface area contributed by atoms with Gasteiger partial charge in [0, 0.05) is 17.4 Å². The molecule has 6 nitrogen and oxygen atoms in total. The molecule has 2 aromatic heterocycles. The first-order valence-corrected chi connectivity index (χ1v) is 8.40. The molecule has 0 aliphatic rings. The van der Waals surface area contributed by atoms with Crippen LogP contribution >= 0.6 is 23.2 Å². The van der Waals surface area contributed by atoms with E-state index in [4.69, 9.17) is 23.2 Å². The van der Waals surface area contributed by atoms with Crippen molar-refractivity contribution in [3.05, 3.63) is 64.7 Å². The molecule has 0 fully saturated rings. The Morgan fingerprint density at radius 1 is 1.16 bits per heavy atom. The lowest BCUT2D eigenvalue weighted by atomic mass is 10.1. The Labute approximate surface area is 155 Å². The number of benzene rings is 1. The van der Waals surface area contributed by atoms with Crippen molar-refractivity contribution in [1.82, 2.24) is 19.6 Å². The molecule has 0 aliphatic heterocycles. The fourth-order valence-electron chi connectivity index (χ4n) is 2.31. The van der Waals surface area contributed by atoms with Gasteiger partial charge in [0.15, 0.2) is 0 Å². The summed E-state index contributed by atoms with van der Waals surface area (Å²) in [6, 6.07) is 7.57. The molecule has 0 bridgehead atoms. The van der Waals surface area contributed by atoms with Gasteiger partial charge in [0.2, 0.25) is 0 Å². The van der Waals surface area contributed by atoms with Crippen LogP contribution in [0.4, 0.5) is 5.69 Å². The Bertz CT molecular complexity index is 900.